The van der Waals surface area contributed by atoms with Crippen molar-refractivity contribution in [2.75, 3.05) is 0 Å². The molecule has 0 unspecified atom stereocenters. The largest absolute Gasteiger partial charge is 0.457 e. The van der Waals surface area contributed by atoms with Gasteiger partial charge in [-0.15, -0.1) is 0 Å². The van der Waals surface area contributed by atoms with Gasteiger partial charge in [0.05, 0.1) is 0 Å². The molecule has 4 rings (SSSR count). The fourth-order valence-electron chi connectivity index (χ4n) is 2.72. The van der Waals surface area contributed by atoms with Crippen LogP contribution in [-0.4, -0.2) is 14.8 Å². The highest BCUT2D eigenvalue weighted by atomic mass is 16.5. The van der Waals surface area contributed by atoms with Crippen LogP contribution in [0.2, 0.25) is 0 Å². The lowest BCUT2D eigenvalue weighted by Gasteiger charge is -2.12. The molecule has 1 N–H and O–H groups in total. The van der Waals surface area contributed by atoms with E-state index in [9.17, 15) is 4.79 Å². The first-order chi connectivity index (χ1) is 11.7. The summed E-state index contributed by atoms with van der Waals surface area (Å²) in [6.45, 7) is 0. The molecular weight excluding hydrogens is 302 g/mol. The maximum atomic E-state index is 12.2. The van der Waals surface area contributed by atoms with E-state index in [1.54, 1.807) is 13.2 Å². The molecule has 0 saturated heterocycles. The second kappa shape index (κ2) is 5.70. The molecule has 0 aliphatic rings. The van der Waals surface area contributed by atoms with Crippen molar-refractivity contribution >= 4 is 10.9 Å². The number of para-hydroxylation sites is 2. The zero-order valence-electron chi connectivity index (χ0n) is 13.1. The predicted molar refractivity (Wildman–Crippen MR) is 93.3 cm³/mol. The molecule has 5 nitrogen and oxygen atoms in total. The number of nitrogens with one attached hydrogen (secondary N) is 1. The average Bonchev–Trinajstić information content (AvgIpc) is 3.10. The van der Waals surface area contributed by atoms with Crippen molar-refractivity contribution in [2.24, 2.45) is 7.05 Å². The normalized spacial score (nSPS) is 10.9. The Kier molecular flexibility index (Phi) is 3.39. The van der Waals surface area contributed by atoms with Gasteiger partial charge in [0, 0.05) is 24.2 Å². The van der Waals surface area contributed by atoms with E-state index >= 15 is 0 Å². The summed E-state index contributed by atoms with van der Waals surface area (Å²) < 4.78 is 7.36. The Bertz CT molecular complexity index is 1060. The Hall–Kier alpha value is -3.34. The number of fused-ring (bicyclic) bond motifs is 1. The number of ether oxygens (including phenoxy) is 1. The van der Waals surface area contributed by atoms with Gasteiger partial charge >= 0.3 is 0 Å². The van der Waals surface area contributed by atoms with Gasteiger partial charge < -0.3 is 9.72 Å². The number of nitrogens with zero attached hydrogens (tertiary/aromatic N) is 2. The standard InChI is InChI=1S/C19H15N3O2/c1-22-19(23)18-15(11-12-20-18)17(21-22)14-9-5-6-10-16(14)24-13-7-3-2-4-8-13/h2-12,20H,1H3. The highest BCUT2D eigenvalue weighted by Gasteiger charge is 2.15. The minimum absolute atomic E-state index is 0.153. The first kappa shape index (κ1) is 14.3. The smallest absolute Gasteiger partial charge is 0.290 e. The highest BCUT2D eigenvalue weighted by Crippen LogP contribution is 2.34. The number of hydrogen-bond donors (Lipinski definition) is 1. The summed E-state index contributed by atoms with van der Waals surface area (Å²) in [4.78, 5) is 15.2. The summed E-state index contributed by atoms with van der Waals surface area (Å²) in [6.07, 6.45) is 1.75. The molecule has 0 saturated carbocycles. The van der Waals surface area contributed by atoms with Gasteiger partial charge in [-0.25, -0.2) is 4.68 Å². The van der Waals surface area contributed by atoms with Crippen LogP contribution in [0, 0.1) is 0 Å². The number of rotatable bonds is 3. The third-order valence-corrected chi connectivity index (χ3v) is 3.87. The molecule has 0 radical (unpaired) electrons. The Labute approximate surface area is 138 Å². The van der Waals surface area contributed by atoms with Gasteiger partial charge in [-0.05, 0) is 30.3 Å². The molecule has 0 atom stereocenters. The van der Waals surface area contributed by atoms with E-state index in [1.807, 2.05) is 60.7 Å². The third-order valence-electron chi connectivity index (χ3n) is 3.87. The van der Waals surface area contributed by atoms with Crippen LogP contribution in [0.25, 0.3) is 22.2 Å². The molecule has 0 fully saturated rings. The summed E-state index contributed by atoms with van der Waals surface area (Å²) in [7, 11) is 1.65. The van der Waals surface area contributed by atoms with Crippen molar-refractivity contribution in [3.8, 4) is 22.8 Å². The summed E-state index contributed by atoms with van der Waals surface area (Å²) in [5.41, 5.74) is 1.93. The molecule has 0 spiro atoms. The van der Waals surface area contributed by atoms with Gasteiger partial charge in [0.25, 0.3) is 5.56 Å². The van der Waals surface area contributed by atoms with E-state index in [4.69, 9.17) is 4.74 Å². The topological polar surface area (TPSA) is 59.9 Å². The Morgan fingerprint density at radius 2 is 1.75 bits per heavy atom. The van der Waals surface area contributed by atoms with Gasteiger partial charge in [0.1, 0.15) is 22.7 Å². The SMILES string of the molecule is Cn1nc(-c2ccccc2Oc2ccccc2)c2cc[nH]c2c1=O. The minimum Gasteiger partial charge on any atom is -0.457 e. The van der Waals surface area contributed by atoms with E-state index in [2.05, 4.69) is 10.1 Å². The predicted octanol–water partition coefficient (Wildman–Crippen LogP) is 3.72. The zero-order valence-corrected chi connectivity index (χ0v) is 13.1. The first-order valence-corrected chi connectivity index (χ1v) is 7.61. The Morgan fingerprint density at radius 3 is 2.58 bits per heavy atom. The zero-order chi connectivity index (χ0) is 16.5. The van der Waals surface area contributed by atoms with E-state index in [1.165, 1.54) is 4.68 Å². The molecule has 0 aliphatic carbocycles. The van der Waals surface area contributed by atoms with Crippen LogP contribution in [0.15, 0.2) is 71.7 Å². The van der Waals surface area contributed by atoms with E-state index in [-0.39, 0.29) is 5.56 Å². The molecule has 4 aromatic rings. The van der Waals surface area contributed by atoms with Crippen molar-refractivity contribution < 1.29 is 4.74 Å². The molecule has 2 aromatic heterocycles. The quantitative estimate of drug-likeness (QED) is 0.626. The molecular formula is C19H15N3O2. The van der Waals surface area contributed by atoms with Gasteiger partial charge in [-0.1, -0.05) is 30.3 Å². The van der Waals surface area contributed by atoms with Gasteiger partial charge in [0.2, 0.25) is 0 Å². The molecule has 0 amide bonds. The van der Waals surface area contributed by atoms with E-state index < -0.39 is 0 Å². The van der Waals surface area contributed by atoms with Crippen molar-refractivity contribution in [1.82, 2.24) is 14.8 Å². The van der Waals surface area contributed by atoms with Crippen molar-refractivity contribution in [1.29, 1.82) is 0 Å². The Balaban J connectivity index is 1.91. The van der Waals surface area contributed by atoms with Gasteiger partial charge in [-0.2, -0.15) is 5.10 Å². The first-order valence-electron chi connectivity index (χ1n) is 7.61. The summed E-state index contributed by atoms with van der Waals surface area (Å²) in [5.74, 6) is 1.44. The molecule has 24 heavy (non-hydrogen) atoms. The fourth-order valence-corrected chi connectivity index (χ4v) is 2.72. The van der Waals surface area contributed by atoms with Gasteiger partial charge in [-0.3, -0.25) is 4.79 Å². The van der Waals surface area contributed by atoms with E-state index in [0.29, 0.717) is 17.0 Å². The van der Waals surface area contributed by atoms with Crippen molar-refractivity contribution in [3.63, 3.8) is 0 Å². The molecule has 0 aliphatic heterocycles. The maximum Gasteiger partial charge on any atom is 0.290 e. The fraction of sp³-hybridized carbons (Fsp3) is 0.0526. The second-order valence-electron chi connectivity index (χ2n) is 5.45. The number of aromatic nitrogens is 3. The number of H-pyrrole nitrogens is 1. The second-order valence-corrected chi connectivity index (χ2v) is 5.45. The minimum atomic E-state index is -0.153. The van der Waals surface area contributed by atoms with E-state index in [0.717, 1.165) is 16.7 Å². The number of benzene rings is 2. The molecule has 2 aromatic carbocycles. The number of hydrogen-bond acceptors (Lipinski definition) is 3. The molecule has 0 bridgehead atoms. The molecule has 2 heterocycles. The average molecular weight is 317 g/mol. The third kappa shape index (κ3) is 2.36. The lowest BCUT2D eigenvalue weighted by Crippen LogP contribution is -2.20. The summed E-state index contributed by atoms with van der Waals surface area (Å²) in [6, 6.07) is 19.1. The van der Waals surface area contributed by atoms with Crippen LogP contribution in [0.1, 0.15) is 0 Å². The lowest BCUT2D eigenvalue weighted by molar-refractivity contribution is 0.484. The highest BCUT2D eigenvalue weighted by molar-refractivity contribution is 5.93. The van der Waals surface area contributed by atoms with Crippen LogP contribution in [0.3, 0.4) is 0 Å². The van der Waals surface area contributed by atoms with Crippen molar-refractivity contribution in [2.45, 2.75) is 0 Å². The van der Waals surface area contributed by atoms with Gasteiger partial charge in [0.15, 0.2) is 0 Å². The molecule has 5 heteroatoms. The summed E-state index contributed by atoms with van der Waals surface area (Å²) >= 11 is 0. The van der Waals surface area contributed by atoms with Crippen LogP contribution >= 0.6 is 0 Å². The Morgan fingerprint density at radius 1 is 1.00 bits per heavy atom. The van der Waals surface area contributed by atoms with Crippen LogP contribution in [0.5, 0.6) is 11.5 Å². The van der Waals surface area contributed by atoms with Crippen LogP contribution < -0.4 is 10.3 Å². The monoisotopic (exact) mass is 317 g/mol. The molecule has 118 valence electrons. The number of aromatic amines is 1. The lowest BCUT2D eigenvalue weighted by atomic mass is 10.1. The van der Waals surface area contributed by atoms with Crippen molar-refractivity contribution in [3.05, 3.63) is 77.2 Å². The van der Waals surface area contributed by atoms with Crippen LogP contribution in [-0.2, 0) is 7.05 Å². The number of aryl methyl sites for hydroxylation is 1. The van der Waals surface area contributed by atoms with Crippen LogP contribution in [0.4, 0.5) is 0 Å². The summed E-state index contributed by atoms with van der Waals surface area (Å²) in [5, 5.41) is 5.23. The maximum absolute atomic E-state index is 12.2.